The van der Waals surface area contributed by atoms with E-state index < -0.39 is 0 Å². The molecule has 1 aromatic heterocycles. The van der Waals surface area contributed by atoms with E-state index in [9.17, 15) is 0 Å². The second kappa shape index (κ2) is 5.43. The largest absolute Gasteiger partial charge is 0.497 e. The van der Waals surface area contributed by atoms with Gasteiger partial charge in [0.1, 0.15) is 11.8 Å². The fraction of sp³-hybridized carbons (Fsp3) is 0.125. The maximum Gasteiger partial charge on any atom is 0.178 e. The van der Waals surface area contributed by atoms with Gasteiger partial charge in [-0.2, -0.15) is 5.26 Å². The molecular formula is C16H13N3OS. The number of imidazole rings is 1. The van der Waals surface area contributed by atoms with Crippen molar-refractivity contribution in [2.75, 3.05) is 7.11 Å². The van der Waals surface area contributed by atoms with Gasteiger partial charge in [-0.25, -0.2) is 0 Å². The van der Waals surface area contributed by atoms with Gasteiger partial charge in [0.15, 0.2) is 4.77 Å². The average Bonchev–Trinajstić information content (AvgIpc) is 2.84. The van der Waals surface area contributed by atoms with E-state index in [1.54, 1.807) is 13.2 Å². The zero-order chi connectivity index (χ0) is 14.8. The predicted octanol–water partition coefficient (Wildman–Crippen LogP) is 3.63. The number of nitrogens with one attached hydrogen (secondary N) is 1. The van der Waals surface area contributed by atoms with Gasteiger partial charge in [0.2, 0.25) is 0 Å². The van der Waals surface area contributed by atoms with E-state index in [1.807, 2.05) is 41.0 Å². The number of ether oxygens (including phenoxy) is 1. The number of para-hydroxylation sites is 1. The molecule has 0 spiro atoms. The molecule has 21 heavy (non-hydrogen) atoms. The summed E-state index contributed by atoms with van der Waals surface area (Å²) in [6, 6.07) is 15.7. The van der Waals surface area contributed by atoms with Crippen LogP contribution >= 0.6 is 12.2 Å². The van der Waals surface area contributed by atoms with Gasteiger partial charge in [-0.3, -0.25) is 0 Å². The Labute approximate surface area is 127 Å². The molecule has 0 aliphatic carbocycles. The number of benzene rings is 2. The van der Waals surface area contributed by atoms with Crippen molar-refractivity contribution in [3.63, 3.8) is 0 Å². The van der Waals surface area contributed by atoms with Crippen LogP contribution in [0.1, 0.15) is 11.1 Å². The molecule has 0 aliphatic heterocycles. The van der Waals surface area contributed by atoms with Gasteiger partial charge in [0, 0.05) is 0 Å². The Bertz CT molecular complexity index is 885. The van der Waals surface area contributed by atoms with E-state index in [4.69, 9.17) is 22.2 Å². The van der Waals surface area contributed by atoms with E-state index in [0.29, 0.717) is 16.9 Å². The second-order valence-electron chi connectivity index (χ2n) is 4.68. The number of hydrogen-bond acceptors (Lipinski definition) is 3. The summed E-state index contributed by atoms with van der Waals surface area (Å²) in [5.74, 6) is 0.827. The van der Waals surface area contributed by atoms with Gasteiger partial charge >= 0.3 is 0 Å². The van der Waals surface area contributed by atoms with Gasteiger partial charge in [-0.05, 0) is 42.0 Å². The summed E-state index contributed by atoms with van der Waals surface area (Å²) in [7, 11) is 1.65. The van der Waals surface area contributed by atoms with Crippen LogP contribution in [0.4, 0.5) is 0 Å². The van der Waals surface area contributed by atoms with Crippen LogP contribution in [-0.2, 0) is 6.54 Å². The third-order valence-electron chi connectivity index (χ3n) is 3.43. The number of nitriles is 1. The minimum Gasteiger partial charge on any atom is -0.497 e. The van der Waals surface area contributed by atoms with E-state index in [2.05, 4.69) is 11.1 Å². The van der Waals surface area contributed by atoms with Crippen LogP contribution in [0, 0.1) is 16.1 Å². The molecule has 0 bridgehead atoms. The summed E-state index contributed by atoms with van der Waals surface area (Å²) in [5.41, 5.74) is 3.45. The fourth-order valence-corrected chi connectivity index (χ4v) is 2.61. The van der Waals surface area contributed by atoms with Crippen molar-refractivity contribution < 1.29 is 4.74 Å². The highest BCUT2D eigenvalue weighted by Gasteiger charge is 2.08. The van der Waals surface area contributed by atoms with Crippen molar-refractivity contribution in [1.29, 1.82) is 5.26 Å². The summed E-state index contributed by atoms with van der Waals surface area (Å²) in [6.45, 7) is 0.651. The van der Waals surface area contributed by atoms with Crippen LogP contribution in [0.3, 0.4) is 0 Å². The van der Waals surface area contributed by atoms with Crippen molar-refractivity contribution >= 4 is 23.3 Å². The molecule has 0 atom stereocenters. The Kier molecular flexibility index (Phi) is 3.46. The molecule has 5 heteroatoms. The molecule has 0 amide bonds. The third kappa shape index (κ3) is 2.41. The molecule has 2 aromatic carbocycles. The van der Waals surface area contributed by atoms with Crippen molar-refractivity contribution in [2.24, 2.45) is 0 Å². The van der Waals surface area contributed by atoms with Gasteiger partial charge in [0.25, 0.3) is 0 Å². The summed E-state index contributed by atoms with van der Waals surface area (Å²) in [5, 5.41) is 9.16. The Morgan fingerprint density at radius 2 is 2.00 bits per heavy atom. The number of aromatic amines is 1. The molecule has 104 valence electrons. The summed E-state index contributed by atoms with van der Waals surface area (Å²) in [6.07, 6.45) is 0. The normalized spacial score (nSPS) is 10.5. The van der Waals surface area contributed by atoms with E-state index in [0.717, 1.165) is 22.3 Å². The number of aromatic nitrogens is 2. The van der Waals surface area contributed by atoms with Crippen LogP contribution in [0.25, 0.3) is 11.0 Å². The smallest absolute Gasteiger partial charge is 0.178 e. The van der Waals surface area contributed by atoms with Crippen LogP contribution in [0.2, 0.25) is 0 Å². The molecule has 0 unspecified atom stereocenters. The fourth-order valence-electron chi connectivity index (χ4n) is 2.34. The Hall–Kier alpha value is -2.58. The van der Waals surface area contributed by atoms with E-state index >= 15 is 0 Å². The summed E-state index contributed by atoms with van der Waals surface area (Å²) < 4.78 is 7.77. The topological polar surface area (TPSA) is 53.7 Å². The quantitative estimate of drug-likeness (QED) is 0.751. The first-order valence-electron chi connectivity index (χ1n) is 6.47. The first-order chi connectivity index (χ1) is 10.2. The van der Waals surface area contributed by atoms with Gasteiger partial charge in [0.05, 0.1) is 30.3 Å². The molecule has 0 fully saturated rings. The van der Waals surface area contributed by atoms with Crippen LogP contribution in [0.5, 0.6) is 5.75 Å². The van der Waals surface area contributed by atoms with Crippen molar-refractivity contribution in [1.82, 2.24) is 9.55 Å². The molecule has 0 aliphatic rings. The maximum absolute atomic E-state index is 9.16. The lowest BCUT2D eigenvalue weighted by atomic mass is 10.2. The Morgan fingerprint density at radius 1 is 1.24 bits per heavy atom. The highest BCUT2D eigenvalue weighted by molar-refractivity contribution is 7.71. The van der Waals surface area contributed by atoms with Crippen LogP contribution in [0.15, 0.2) is 42.5 Å². The first-order valence-corrected chi connectivity index (χ1v) is 6.88. The second-order valence-corrected chi connectivity index (χ2v) is 5.06. The zero-order valence-electron chi connectivity index (χ0n) is 11.5. The number of nitrogens with zero attached hydrogens (tertiary/aromatic N) is 2. The molecule has 0 saturated carbocycles. The molecule has 4 nitrogen and oxygen atoms in total. The molecule has 0 radical (unpaired) electrons. The number of H-pyrrole nitrogens is 1. The molecule has 1 N–H and O–H groups in total. The monoisotopic (exact) mass is 295 g/mol. The minimum absolute atomic E-state index is 0.604. The van der Waals surface area contributed by atoms with Crippen molar-refractivity contribution in [3.05, 3.63) is 58.4 Å². The summed E-state index contributed by atoms with van der Waals surface area (Å²) >= 11 is 5.38. The number of rotatable bonds is 3. The lowest BCUT2D eigenvalue weighted by Crippen LogP contribution is -1.99. The highest BCUT2D eigenvalue weighted by Crippen LogP contribution is 2.20. The standard InChI is InChI=1S/C16H13N3OS/c1-20-13-7-5-11(6-8-13)10-19-14-4-2-3-12(9-17)15(14)18-16(19)21/h2-8H,10H2,1H3,(H,18,21). The van der Waals surface area contributed by atoms with Gasteiger partial charge in [-0.1, -0.05) is 18.2 Å². The van der Waals surface area contributed by atoms with E-state index in [1.165, 1.54) is 0 Å². The lowest BCUT2D eigenvalue weighted by Gasteiger charge is -2.06. The maximum atomic E-state index is 9.16. The zero-order valence-corrected chi connectivity index (χ0v) is 12.3. The number of methoxy groups -OCH3 is 1. The predicted molar refractivity (Wildman–Crippen MR) is 83.9 cm³/mol. The van der Waals surface area contributed by atoms with Gasteiger partial charge < -0.3 is 14.3 Å². The molecular weight excluding hydrogens is 282 g/mol. The SMILES string of the molecule is COc1ccc(Cn2c(=S)[nH]c3c(C#N)cccc32)cc1. The third-order valence-corrected chi connectivity index (χ3v) is 3.75. The average molecular weight is 295 g/mol. The summed E-state index contributed by atoms with van der Waals surface area (Å²) in [4.78, 5) is 3.12. The molecule has 1 heterocycles. The van der Waals surface area contributed by atoms with Gasteiger partial charge in [-0.15, -0.1) is 0 Å². The first kappa shape index (κ1) is 13.4. The van der Waals surface area contributed by atoms with Crippen LogP contribution < -0.4 is 4.74 Å². The van der Waals surface area contributed by atoms with Crippen molar-refractivity contribution in [2.45, 2.75) is 6.54 Å². The Balaban J connectivity index is 2.06. The van der Waals surface area contributed by atoms with Crippen LogP contribution in [-0.4, -0.2) is 16.7 Å². The minimum atomic E-state index is 0.604. The molecule has 0 saturated heterocycles. The van der Waals surface area contributed by atoms with E-state index in [-0.39, 0.29) is 0 Å². The van der Waals surface area contributed by atoms with Crippen molar-refractivity contribution in [3.8, 4) is 11.8 Å². The number of hydrogen-bond donors (Lipinski definition) is 1. The lowest BCUT2D eigenvalue weighted by molar-refractivity contribution is 0.414. The number of fused-ring (bicyclic) bond motifs is 1. The molecule has 3 aromatic rings. The highest BCUT2D eigenvalue weighted by atomic mass is 32.1. The molecule has 3 rings (SSSR count). The Morgan fingerprint density at radius 3 is 2.67 bits per heavy atom.